The third-order valence-corrected chi connectivity index (χ3v) is 4.72. The largest absolute Gasteiger partial charge is 0.493 e. The second-order valence-corrected chi connectivity index (χ2v) is 6.51. The molecule has 28 heavy (non-hydrogen) atoms. The van der Waals surface area contributed by atoms with E-state index in [1.54, 1.807) is 38.3 Å². The van der Waals surface area contributed by atoms with Gasteiger partial charge in [0, 0.05) is 24.4 Å². The average Bonchev–Trinajstić information content (AvgIpc) is 3.07. The van der Waals surface area contributed by atoms with Crippen LogP contribution in [0.25, 0.3) is 11.5 Å². The number of carbonyl (C=O) groups excluding carboxylic acids is 1. The summed E-state index contributed by atoms with van der Waals surface area (Å²) in [4.78, 5) is 18.9. The van der Waals surface area contributed by atoms with Crippen LogP contribution in [-0.2, 0) is 11.2 Å². The summed E-state index contributed by atoms with van der Waals surface area (Å²) in [5.74, 6) is 2.26. The molecule has 0 saturated carbocycles. The van der Waals surface area contributed by atoms with Gasteiger partial charge in [0.25, 0.3) is 0 Å². The molecule has 0 unspecified atom stereocenters. The highest BCUT2D eigenvalue weighted by molar-refractivity contribution is 5.94. The molecular weight excluding hydrogens is 356 g/mol. The van der Waals surface area contributed by atoms with Crippen LogP contribution < -0.4 is 14.4 Å². The molecule has 0 atom stereocenters. The average molecular weight is 380 g/mol. The first-order valence-corrected chi connectivity index (χ1v) is 8.95. The molecule has 0 aliphatic carbocycles. The monoisotopic (exact) mass is 380 g/mol. The van der Waals surface area contributed by atoms with Gasteiger partial charge < -0.3 is 18.8 Å². The van der Waals surface area contributed by atoms with Crippen molar-refractivity contribution in [3.05, 3.63) is 59.5 Å². The number of likely N-dealkylation sites (N-methyl/N-ethyl adjacent to an activating group) is 1. The molecule has 1 amide bonds. The van der Waals surface area contributed by atoms with Crippen LogP contribution in [0.5, 0.6) is 11.5 Å². The number of benzene rings is 2. The van der Waals surface area contributed by atoms with E-state index in [0.717, 1.165) is 11.1 Å². The van der Waals surface area contributed by atoms with Crippen LogP contribution >= 0.6 is 0 Å². The molecule has 6 nitrogen and oxygen atoms in total. The third kappa shape index (κ3) is 3.86. The molecule has 0 radical (unpaired) electrons. The molecule has 0 spiro atoms. The lowest BCUT2D eigenvalue weighted by Gasteiger charge is -2.18. The molecule has 0 saturated heterocycles. The summed E-state index contributed by atoms with van der Waals surface area (Å²) in [6.45, 7) is 3.83. The molecular formula is C22H24N2O4. The molecule has 1 aromatic heterocycles. The Labute approximate surface area is 164 Å². The van der Waals surface area contributed by atoms with Crippen LogP contribution in [0.4, 0.5) is 5.69 Å². The van der Waals surface area contributed by atoms with Gasteiger partial charge in [-0.3, -0.25) is 4.79 Å². The maximum atomic E-state index is 12.8. The highest BCUT2D eigenvalue weighted by Gasteiger charge is 2.19. The van der Waals surface area contributed by atoms with Crippen molar-refractivity contribution < 1.29 is 18.7 Å². The second kappa shape index (κ2) is 8.17. The SMILES string of the molecule is COc1ccc(N(C)C(=O)Cc2nc(-c3ccccc3C)oc2C)cc1OC. The van der Waals surface area contributed by atoms with Crippen LogP contribution in [0.3, 0.4) is 0 Å². The van der Waals surface area contributed by atoms with E-state index in [1.165, 1.54) is 0 Å². The summed E-state index contributed by atoms with van der Waals surface area (Å²) in [6.07, 6.45) is 0.145. The first kappa shape index (κ1) is 19.5. The number of ether oxygens (including phenoxy) is 2. The van der Waals surface area contributed by atoms with Crippen LogP contribution in [0.15, 0.2) is 46.9 Å². The fraction of sp³-hybridized carbons (Fsp3) is 0.273. The summed E-state index contributed by atoms with van der Waals surface area (Å²) < 4.78 is 16.4. The second-order valence-electron chi connectivity index (χ2n) is 6.51. The third-order valence-electron chi connectivity index (χ3n) is 4.72. The summed E-state index contributed by atoms with van der Waals surface area (Å²) in [5, 5.41) is 0. The smallest absolute Gasteiger partial charge is 0.232 e. The number of hydrogen-bond acceptors (Lipinski definition) is 5. The number of methoxy groups -OCH3 is 2. The molecule has 3 rings (SSSR count). The van der Waals surface area contributed by atoms with Gasteiger partial charge in [-0.1, -0.05) is 18.2 Å². The van der Waals surface area contributed by atoms with E-state index >= 15 is 0 Å². The van der Waals surface area contributed by atoms with Crippen molar-refractivity contribution in [3.63, 3.8) is 0 Å². The van der Waals surface area contributed by atoms with E-state index in [4.69, 9.17) is 13.9 Å². The summed E-state index contributed by atoms with van der Waals surface area (Å²) in [7, 11) is 4.86. The molecule has 0 N–H and O–H groups in total. The first-order chi connectivity index (χ1) is 13.4. The maximum Gasteiger partial charge on any atom is 0.232 e. The van der Waals surface area contributed by atoms with E-state index in [9.17, 15) is 4.79 Å². The van der Waals surface area contributed by atoms with Crippen molar-refractivity contribution in [1.29, 1.82) is 0 Å². The van der Waals surface area contributed by atoms with Crippen molar-refractivity contribution >= 4 is 11.6 Å². The summed E-state index contributed by atoms with van der Waals surface area (Å²) in [6, 6.07) is 13.2. The van der Waals surface area contributed by atoms with Gasteiger partial charge in [0.1, 0.15) is 5.76 Å². The van der Waals surface area contributed by atoms with Crippen LogP contribution in [0, 0.1) is 13.8 Å². The number of oxazole rings is 1. The van der Waals surface area contributed by atoms with Crippen molar-refractivity contribution in [1.82, 2.24) is 4.98 Å². The quantitative estimate of drug-likeness (QED) is 0.642. The summed E-state index contributed by atoms with van der Waals surface area (Å²) >= 11 is 0. The molecule has 6 heteroatoms. The number of hydrogen-bond donors (Lipinski definition) is 0. The Balaban J connectivity index is 1.81. The highest BCUT2D eigenvalue weighted by atomic mass is 16.5. The number of rotatable bonds is 6. The lowest BCUT2D eigenvalue weighted by molar-refractivity contribution is -0.117. The molecule has 0 aliphatic heterocycles. The Bertz CT molecular complexity index is 994. The lowest BCUT2D eigenvalue weighted by Crippen LogP contribution is -2.28. The predicted molar refractivity (Wildman–Crippen MR) is 108 cm³/mol. The van der Waals surface area contributed by atoms with E-state index in [-0.39, 0.29) is 12.3 Å². The van der Waals surface area contributed by atoms with Gasteiger partial charge in [-0.25, -0.2) is 4.98 Å². The number of aryl methyl sites for hydroxylation is 2. The van der Waals surface area contributed by atoms with Gasteiger partial charge >= 0.3 is 0 Å². The van der Waals surface area contributed by atoms with E-state index in [2.05, 4.69) is 4.98 Å². The first-order valence-electron chi connectivity index (χ1n) is 8.95. The molecule has 146 valence electrons. The Morgan fingerprint density at radius 1 is 1.07 bits per heavy atom. The minimum absolute atomic E-state index is 0.0973. The van der Waals surface area contributed by atoms with Crippen LogP contribution in [0.2, 0.25) is 0 Å². The van der Waals surface area contributed by atoms with Gasteiger partial charge in [-0.05, 0) is 37.6 Å². The Morgan fingerprint density at radius 2 is 1.79 bits per heavy atom. The minimum atomic E-state index is -0.0973. The number of nitrogens with zero attached hydrogens (tertiary/aromatic N) is 2. The predicted octanol–water partition coefficient (Wildman–Crippen LogP) is 4.18. The van der Waals surface area contributed by atoms with Crippen LogP contribution in [-0.4, -0.2) is 32.2 Å². The van der Waals surface area contributed by atoms with Crippen molar-refractivity contribution in [3.8, 4) is 23.0 Å². The van der Waals surface area contributed by atoms with Crippen molar-refractivity contribution in [2.24, 2.45) is 0 Å². The Hall–Kier alpha value is -3.28. The van der Waals surface area contributed by atoms with Gasteiger partial charge in [-0.2, -0.15) is 0 Å². The highest BCUT2D eigenvalue weighted by Crippen LogP contribution is 2.31. The minimum Gasteiger partial charge on any atom is -0.493 e. The van der Waals surface area contributed by atoms with Gasteiger partial charge in [0.15, 0.2) is 11.5 Å². The molecule has 0 fully saturated rings. The molecule has 0 aliphatic rings. The number of carbonyl (C=O) groups is 1. The topological polar surface area (TPSA) is 64.8 Å². The van der Waals surface area contributed by atoms with Gasteiger partial charge in [0.05, 0.1) is 26.3 Å². The van der Waals surface area contributed by atoms with Gasteiger partial charge in [-0.15, -0.1) is 0 Å². The molecule has 3 aromatic rings. The number of amides is 1. The maximum absolute atomic E-state index is 12.8. The Kier molecular flexibility index (Phi) is 5.68. The van der Waals surface area contributed by atoms with Crippen molar-refractivity contribution in [2.45, 2.75) is 20.3 Å². The fourth-order valence-corrected chi connectivity index (χ4v) is 2.96. The number of anilines is 1. The Morgan fingerprint density at radius 3 is 2.46 bits per heavy atom. The van der Waals surface area contributed by atoms with Crippen LogP contribution in [0.1, 0.15) is 17.0 Å². The van der Waals surface area contributed by atoms with Gasteiger partial charge in [0.2, 0.25) is 11.8 Å². The van der Waals surface area contributed by atoms with E-state index in [0.29, 0.717) is 34.5 Å². The summed E-state index contributed by atoms with van der Waals surface area (Å²) in [5.41, 5.74) is 3.35. The standard InChI is InChI=1S/C22H24N2O4/c1-14-8-6-7-9-17(14)22-23-18(15(2)28-22)13-21(25)24(3)16-10-11-19(26-4)20(12-16)27-5/h6-12H,13H2,1-5H3. The van der Waals surface area contributed by atoms with Crippen molar-refractivity contribution in [2.75, 3.05) is 26.2 Å². The van der Waals surface area contributed by atoms with E-state index < -0.39 is 0 Å². The zero-order valence-corrected chi connectivity index (χ0v) is 16.8. The molecule has 1 heterocycles. The zero-order valence-electron chi connectivity index (χ0n) is 16.8. The molecule has 0 bridgehead atoms. The lowest BCUT2D eigenvalue weighted by atomic mass is 10.1. The fourth-order valence-electron chi connectivity index (χ4n) is 2.96. The zero-order chi connectivity index (χ0) is 20.3. The normalized spacial score (nSPS) is 10.6. The van der Waals surface area contributed by atoms with E-state index in [1.807, 2.05) is 44.2 Å². The molecule has 2 aromatic carbocycles. The number of aromatic nitrogens is 1.